The number of nitrogen functional groups attached to an aromatic ring is 1. The van der Waals surface area contributed by atoms with Crippen LogP contribution < -0.4 is 10.6 Å². The highest BCUT2D eigenvalue weighted by atomic mass is 16.5. The number of nitrogens with two attached hydrogens (primary N) is 1. The van der Waals surface area contributed by atoms with E-state index in [0.717, 1.165) is 31.5 Å². The summed E-state index contributed by atoms with van der Waals surface area (Å²) >= 11 is 0. The van der Waals surface area contributed by atoms with Gasteiger partial charge in [0.2, 0.25) is 0 Å². The van der Waals surface area contributed by atoms with Gasteiger partial charge >= 0.3 is 0 Å². The van der Waals surface area contributed by atoms with Gasteiger partial charge in [0, 0.05) is 19.7 Å². The zero-order chi connectivity index (χ0) is 14.5. The summed E-state index contributed by atoms with van der Waals surface area (Å²) in [5.74, 6) is 1.76. The maximum Gasteiger partial charge on any atom is 0.158 e. The van der Waals surface area contributed by atoms with Gasteiger partial charge in [0.15, 0.2) is 5.82 Å². The van der Waals surface area contributed by atoms with Gasteiger partial charge in [-0.1, -0.05) is 12.8 Å². The van der Waals surface area contributed by atoms with Crippen LogP contribution in [0.2, 0.25) is 0 Å². The normalized spacial score (nSPS) is 22.8. The molecule has 1 aliphatic carbocycles. The smallest absolute Gasteiger partial charge is 0.158 e. The highest BCUT2D eigenvalue weighted by Crippen LogP contribution is 2.26. The van der Waals surface area contributed by atoms with Crippen LogP contribution in [-0.4, -0.2) is 40.9 Å². The zero-order valence-corrected chi connectivity index (χ0v) is 12.2. The van der Waals surface area contributed by atoms with Gasteiger partial charge in [-0.25, -0.2) is 9.97 Å². The Hall–Kier alpha value is -1.40. The fourth-order valence-corrected chi connectivity index (χ4v) is 2.66. The van der Waals surface area contributed by atoms with E-state index in [4.69, 9.17) is 10.5 Å². The van der Waals surface area contributed by atoms with E-state index in [-0.39, 0.29) is 12.1 Å². The van der Waals surface area contributed by atoms with E-state index in [1.165, 1.54) is 0 Å². The Balaban J connectivity index is 2.15. The van der Waals surface area contributed by atoms with Crippen molar-refractivity contribution in [3.8, 4) is 0 Å². The molecule has 3 N–H and O–H groups in total. The largest absolute Gasteiger partial charge is 0.391 e. The van der Waals surface area contributed by atoms with Crippen molar-refractivity contribution in [3.63, 3.8) is 0 Å². The molecular weight excluding hydrogens is 256 g/mol. The van der Waals surface area contributed by atoms with Crippen LogP contribution in [0, 0.1) is 0 Å². The number of aliphatic hydroxyl groups excluding tert-OH is 1. The molecule has 0 radical (unpaired) electrons. The van der Waals surface area contributed by atoms with E-state index in [2.05, 4.69) is 9.97 Å². The Morgan fingerprint density at radius 2 is 2.15 bits per heavy atom. The average molecular weight is 280 g/mol. The first-order valence-corrected chi connectivity index (χ1v) is 7.24. The van der Waals surface area contributed by atoms with E-state index >= 15 is 0 Å². The van der Waals surface area contributed by atoms with Crippen LogP contribution in [0.3, 0.4) is 0 Å². The fourth-order valence-electron chi connectivity index (χ4n) is 2.66. The molecule has 0 aromatic carbocycles. The number of anilines is 2. The summed E-state index contributed by atoms with van der Waals surface area (Å²) in [6, 6.07) is 1.84. The molecule has 0 aliphatic heterocycles. The molecule has 0 bridgehead atoms. The highest BCUT2D eigenvalue weighted by Gasteiger charge is 2.27. The van der Waals surface area contributed by atoms with Crippen molar-refractivity contribution < 1.29 is 9.84 Å². The molecule has 6 heteroatoms. The summed E-state index contributed by atoms with van der Waals surface area (Å²) in [5, 5.41) is 10.1. The lowest BCUT2D eigenvalue weighted by Gasteiger charge is -2.36. The quantitative estimate of drug-likeness (QED) is 0.846. The average Bonchev–Trinajstić information content (AvgIpc) is 2.44. The molecule has 2 unspecified atom stereocenters. The Morgan fingerprint density at radius 1 is 1.40 bits per heavy atom. The minimum absolute atomic E-state index is 0.0954. The minimum Gasteiger partial charge on any atom is -0.391 e. The van der Waals surface area contributed by atoms with E-state index < -0.39 is 0 Å². The topological polar surface area (TPSA) is 84.5 Å². The molecule has 1 aromatic heterocycles. The third kappa shape index (κ3) is 3.58. The Morgan fingerprint density at radius 3 is 2.85 bits per heavy atom. The molecule has 1 aliphatic rings. The van der Waals surface area contributed by atoms with Crippen LogP contribution in [0.5, 0.6) is 0 Å². The molecule has 1 heterocycles. The number of hydrogen-bond donors (Lipinski definition) is 2. The fraction of sp³-hybridized carbons (Fsp3) is 0.714. The summed E-state index contributed by atoms with van der Waals surface area (Å²) in [5.41, 5.74) is 5.84. The molecule has 1 saturated carbocycles. The van der Waals surface area contributed by atoms with Gasteiger partial charge in [0.25, 0.3) is 0 Å². The van der Waals surface area contributed by atoms with Crippen LogP contribution in [0.1, 0.15) is 38.4 Å². The van der Waals surface area contributed by atoms with Gasteiger partial charge in [0.1, 0.15) is 18.2 Å². The molecule has 1 fully saturated rings. The van der Waals surface area contributed by atoms with Crippen molar-refractivity contribution in [2.75, 3.05) is 24.3 Å². The van der Waals surface area contributed by atoms with Gasteiger partial charge in [0.05, 0.1) is 12.1 Å². The lowest BCUT2D eigenvalue weighted by Crippen LogP contribution is -2.44. The molecular formula is C14H24N4O2. The molecule has 0 saturated heterocycles. The lowest BCUT2D eigenvalue weighted by molar-refractivity contribution is 0.105. The van der Waals surface area contributed by atoms with Gasteiger partial charge in [-0.05, 0) is 19.8 Å². The molecule has 20 heavy (non-hydrogen) atoms. The second-order valence-electron chi connectivity index (χ2n) is 5.23. The Kier molecular flexibility index (Phi) is 5.14. The summed E-state index contributed by atoms with van der Waals surface area (Å²) in [6.07, 6.45) is 3.75. The van der Waals surface area contributed by atoms with Crippen molar-refractivity contribution in [3.05, 3.63) is 11.9 Å². The van der Waals surface area contributed by atoms with Crippen LogP contribution in [0.25, 0.3) is 0 Å². The standard InChI is InChI=1S/C14H24N4O2/c1-3-20-9-13-16-12(15)8-14(17-13)18(2)10-6-4-5-7-11(10)19/h8,10-11,19H,3-7,9H2,1-2H3,(H2,15,16,17). The number of likely N-dealkylation sites (N-methyl/N-ethyl adjacent to an activating group) is 1. The lowest BCUT2D eigenvalue weighted by atomic mass is 9.91. The monoisotopic (exact) mass is 280 g/mol. The third-order valence-corrected chi connectivity index (χ3v) is 3.77. The Labute approximate surface area is 120 Å². The van der Waals surface area contributed by atoms with Gasteiger partial charge < -0.3 is 20.5 Å². The molecule has 0 spiro atoms. The maximum atomic E-state index is 10.1. The second-order valence-corrected chi connectivity index (χ2v) is 5.23. The van der Waals surface area contributed by atoms with Crippen LogP contribution in [0.4, 0.5) is 11.6 Å². The molecule has 2 atom stereocenters. The molecule has 2 rings (SSSR count). The first kappa shape index (κ1) is 15.0. The first-order valence-electron chi connectivity index (χ1n) is 7.24. The number of nitrogens with zero attached hydrogens (tertiary/aromatic N) is 3. The summed E-state index contributed by atoms with van der Waals surface area (Å²) in [7, 11) is 1.95. The van der Waals surface area contributed by atoms with Crippen molar-refractivity contribution in [1.82, 2.24) is 9.97 Å². The predicted octanol–water partition coefficient (Wildman–Crippen LogP) is 1.33. The third-order valence-electron chi connectivity index (χ3n) is 3.77. The molecule has 1 aromatic rings. The number of aromatic nitrogens is 2. The number of aliphatic hydroxyl groups is 1. The molecule has 112 valence electrons. The van der Waals surface area contributed by atoms with E-state index in [1.54, 1.807) is 6.07 Å². The van der Waals surface area contributed by atoms with Crippen molar-refractivity contribution in [2.45, 2.75) is 51.4 Å². The Bertz CT molecular complexity index is 441. The summed E-state index contributed by atoms with van der Waals surface area (Å²) in [6.45, 7) is 2.90. The van der Waals surface area contributed by atoms with Crippen molar-refractivity contribution in [1.29, 1.82) is 0 Å². The molecule has 0 amide bonds. The maximum absolute atomic E-state index is 10.1. The van der Waals surface area contributed by atoms with Gasteiger partial charge in [-0.2, -0.15) is 0 Å². The van der Waals surface area contributed by atoms with Gasteiger partial charge in [-0.15, -0.1) is 0 Å². The predicted molar refractivity (Wildman–Crippen MR) is 78.4 cm³/mol. The van der Waals surface area contributed by atoms with E-state index in [0.29, 0.717) is 24.9 Å². The first-order chi connectivity index (χ1) is 9.61. The zero-order valence-electron chi connectivity index (χ0n) is 12.2. The number of ether oxygens (including phenoxy) is 1. The van der Waals surface area contributed by atoms with E-state index in [1.807, 2.05) is 18.9 Å². The SMILES string of the molecule is CCOCc1nc(N)cc(N(C)C2CCCCC2O)n1. The van der Waals surface area contributed by atoms with Crippen LogP contribution >= 0.6 is 0 Å². The molecule has 6 nitrogen and oxygen atoms in total. The van der Waals surface area contributed by atoms with Crippen LogP contribution in [0.15, 0.2) is 6.07 Å². The van der Waals surface area contributed by atoms with E-state index in [9.17, 15) is 5.11 Å². The summed E-state index contributed by atoms with van der Waals surface area (Å²) in [4.78, 5) is 10.7. The second kappa shape index (κ2) is 6.85. The van der Waals surface area contributed by atoms with Crippen LogP contribution in [-0.2, 0) is 11.3 Å². The van der Waals surface area contributed by atoms with Crippen molar-refractivity contribution in [2.24, 2.45) is 0 Å². The van der Waals surface area contributed by atoms with Gasteiger partial charge in [-0.3, -0.25) is 0 Å². The van der Waals surface area contributed by atoms with Crippen molar-refractivity contribution >= 4 is 11.6 Å². The summed E-state index contributed by atoms with van der Waals surface area (Å²) < 4.78 is 5.33. The minimum atomic E-state index is -0.305. The highest BCUT2D eigenvalue weighted by molar-refractivity contribution is 5.47. The number of rotatable bonds is 5. The number of hydrogen-bond acceptors (Lipinski definition) is 6.